The van der Waals surface area contributed by atoms with Crippen LogP contribution in [0.15, 0.2) is 54.9 Å². The molecule has 0 aliphatic carbocycles. The van der Waals surface area contributed by atoms with Crippen molar-refractivity contribution in [3.05, 3.63) is 54.9 Å². The molecule has 0 amide bonds. The first-order valence-corrected chi connectivity index (χ1v) is 5.81. The van der Waals surface area contributed by atoms with Crippen molar-refractivity contribution >= 4 is 32.8 Å². The average Bonchev–Trinajstić information content (AvgIpc) is 2.45. The fraction of sp³-hybridized carbons (Fsp3) is 0. The van der Waals surface area contributed by atoms with E-state index in [1.807, 2.05) is 24.3 Å². The second-order valence-corrected chi connectivity index (χ2v) is 4.24. The van der Waals surface area contributed by atoms with E-state index in [1.54, 1.807) is 12.4 Å². The summed E-state index contributed by atoms with van der Waals surface area (Å²) < 4.78 is 0. The van der Waals surface area contributed by atoms with E-state index in [4.69, 9.17) is 4.98 Å². The van der Waals surface area contributed by atoms with Gasteiger partial charge in [0.15, 0.2) is 0 Å². The molecule has 0 spiro atoms. The second kappa shape index (κ2) is 3.47. The van der Waals surface area contributed by atoms with Gasteiger partial charge in [0.25, 0.3) is 0 Å². The maximum Gasteiger partial charge on any atom is 0.108 e. The molecule has 3 nitrogen and oxygen atoms in total. The number of hydrogen-bond donors (Lipinski definition) is 0. The van der Waals surface area contributed by atoms with Gasteiger partial charge in [0.05, 0.1) is 22.7 Å². The van der Waals surface area contributed by atoms with Crippen LogP contribution in [-0.2, 0) is 0 Å². The molecule has 0 saturated carbocycles. The van der Waals surface area contributed by atoms with Crippen LogP contribution in [0.2, 0.25) is 0 Å². The highest BCUT2D eigenvalue weighted by atomic mass is 14.8. The van der Waals surface area contributed by atoms with Crippen LogP contribution in [0, 0.1) is 0 Å². The third-order valence-corrected chi connectivity index (χ3v) is 3.13. The molecule has 0 aliphatic rings. The lowest BCUT2D eigenvalue weighted by Gasteiger charge is -2.04. The Bertz CT molecular complexity index is 878. The fourth-order valence-corrected chi connectivity index (χ4v) is 2.26. The van der Waals surface area contributed by atoms with Gasteiger partial charge in [0.1, 0.15) is 5.52 Å². The Morgan fingerprint density at radius 1 is 0.722 bits per heavy atom. The molecule has 0 fully saturated rings. The van der Waals surface area contributed by atoms with Gasteiger partial charge in [-0.25, -0.2) is 9.97 Å². The molecule has 2 aromatic heterocycles. The minimum Gasteiger partial charge on any atom is -0.262 e. The van der Waals surface area contributed by atoms with Crippen LogP contribution in [0.1, 0.15) is 0 Å². The van der Waals surface area contributed by atoms with E-state index in [-0.39, 0.29) is 0 Å². The summed E-state index contributed by atoms with van der Waals surface area (Å²) in [5.41, 5.74) is 3.58. The fourth-order valence-electron chi connectivity index (χ4n) is 2.26. The molecule has 18 heavy (non-hydrogen) atoms. The first-order valence-electron chi connectivity index (χ1n) is 5.81. The molecule has 0 bridgehead atoms. The summed E-state index contributed by atoms with van der Waals surface area (Å²) in [7, 11) is 0. The van der Waals surface area contributed by atoms with Crippen LogP contribution in [0.25, 0.3) is 32.8 Å². The van der Waals surface area contributed by atoms with E-state index < -0.39 is 0 Å². The Kier molecular flexibility index (Phi) is 1.83. The van der Waals surface area contributed by atoms with Gasteiger partial charge in [0.2, 0.25) is 0 Å². The lowest BCUT2D eigenvalue weighted by molar-refractivity contribution is 1.30. The standard InChI is InChI=1S/C15H9N3/c1-2-4-11-10(3-1)5-6-13-15(11)18-12-7-8-16-9-14(12)17-13/h1-9H. The van der Waals surface area contributed by atoms with Crippen LogP contribution in [0.4, 0.5) is 0 Å². The SMILES string of the molecule is c1ccc2c(c1)ccc1nc3cnccc3nc12. The van der Waals surface area contributed by atoms with Crippen molar-refractivity contribution in [1.29, 1.82) is 0 Å². The summed E-state index contributed by atoms with van der Waals surface area (Å²) in [6, 6.07) is 14.2. The summed E-state index contributed by atoms with van der Waals surface area (Å²) in [4.78, 5) is 13.4. The van der Waals surface area contributed by atoms with Gasteiger partial charge in [-0.3, -0.25) is 4.98 Å². The van der Waals surface area contributed by atoms with Crippen molar-refractivity contribution in [3.8, 4) is 0 Å². The number of benzene rings is 2. The minimum absolute atomic E-state index is 0.834. The Labute approximate surface area is 103 Å². The highest BCUT2D eigenvalue weighted by molar-refractivity contribution is 6.05. The first-order chi connectivity index (χ1) is 8.92. The van der Waals surface area contributed by atoms with E-state index >= 15 is 0 Å². The zero-order valence-electron chi connectivity index (χ0n) is 9.54. The van der Waals surface area contributed by atoms with Crippen LogP contribution in [0.3, 0.4) is 0 Å². The van der Waals surface area contributed by atoms with E-state index in [1.165, 1.54) is 5.39 Å². The predicted molar refractivity (Wildman–Crippen MR) is 72.3 cm³/mol. The summed E-state index contributed by atoms with van der Waals surface area (Å²) in [5, 5.41) is 2.33. The van der Waals surface area contributed by atoms with Gasteiger partial charge >= 0.3 is 0 Å². The van der Waals surface area contributed by atoms with Gasteiger partial charge in [-0.05, 0) is 17.5 Å². The van der Waals surface area contributed by atoms with E-state index in [9.17, 15) is 0 Å². The molecule has 0 unspecified atom stereocenters. The van der Waals surface area contributed by atoms with Crippen LogP contribution in [-0.4, -0.2) is 15.0 Å². The van der Waals surface area contributed by atoms with Crippen molar-refractivity contribution in [2.24, 2.45) is 0 Å². The summed E-state index contributed by atoms with van der Waals surface area (Å²) in [5.74, 6) is 0. The highest BCUT2D eigenvalue weighted by Gasteiger charge is 2.04. The lowest BCUT2D eigenvalue weighted by atomic mass is 10.1. The van der Waals surface area contributed by atoms with Crippen LogP contribution in [0.5, 0.6) is 0 Å². The molecule has 0 atom stereocenters. The smallest absolute Gasteiger partial charge is 0.108 e. The molecule has 3 heteroatoms. The van der Waals surface area contributed by atoms with Crippen molar-refractivity contribution in [3.63, 3.8) is 0 Å². The average molecular weight is 231 g/mol. The first kappa shape index (κ1) is 9.48. The van der Waals surface area contributed by atoms with Crippen LogP contribution < -0.4 is 0 Å². The predicted octanol–water partition coefficient (Wildman–Crippen LogP) is 3.33. The zero-order chi connectivity index (χ0) is 11.9. The molecule has 0 aliphatic heterocycles. The van der Waals surface area contributed by atoms with Crippen molar-refractivity contribution in [2.45, 2.75) is 0 Å². The minimum atomic E-state index is 0.834. The number of nitrogens with zero attached hydrogens (tertiary/aromatic N) is 3. The zero-order valence-corrected chi connectivity index (χ0v) is 9.54. The molecule has 4 aromatic rings. The van der Waals surface area contributed by atoms with Crippen molar-refractivity contribution < 1.29 is 0 Å². The largest absolute Gasteiger partial charge is 0.262 e. The van der Waals surface area contributed by atoms with Gasteiger partial charge in [-0.1, -0.05) is 30.3 Å². The summed E-state index contributed by atoms with van der Waals surface area (Å²) >= 11 is 0. The van der Waals surface area contributed by atoms with Gasteiger partial charge in [-0.15, -0.1) is 0 Å². The molecule has 0 N–H and O–H groups in total. The summed E-state index contributed by atoms with van der Waals surface area (Å²) in [6.07, 6.45) is 3.49. The van der Waals surface area contributed by atoms with Crippen molar-refractivity contribution in [1.82, 2.24) is 15.0 Å². The molecule has 4 rings (SSSR count). The maximum absolute atomic E-state index is 4.70. The van der Waals surface area contributed by atoms with E-state index in [0.29, 0.717) is 0 Å². The number of hydrogen-bond acceptors (Lipinski definition) is 3. The topological polar surface area (TPSA) is 38.7 Å². The molecular weight excluding hydrogens is 222 g/mol. The summed E-state index contributed by atoms with van der Waals surface area (Å²) in [6.45, 7) is 0. The monoisotopic (exact) mass is 231 g/mol. The van der Waals surface area contributed by atoms with Gasteiger partial charge in [0, 0.05) is 11.6 Å². The molecule has 2 heterocycles. The van der Waals surface area contributed by atoms with E-state index in [2.05, 4.69) is 28.2 Å². The molecule has 0 radical (unpaired) electrons. The number of pyridine rings is 1. The molecule has 84 valence electrons. The molecule has 0 saturated heterocycles. The Morgan fingerprint density at radius 3 is 2.67 bits per heavy atom. The molecule has 2 aromatic carbocycles. The van der Waals surface area contributed by atoms with Gasteiger partial charge < -0.3 is 0 Å². The van der Waals surface area contributed by atoms with Crippen LogP contribution >= 0.6 is 0 Å². The second-order valence-electron chi connectivity index (χ2n) is 4.24. The quantitative estimate of drug-likeness (QED) is 0.344. The lowest BCUT2D eigenvalue weighted by Crippen LogP contribution is -1.89. The van der Waals surface area contributed by atoms with Gasteiger partial charge in [-0.2, -0.15) is 0 Å². The van der Waals surface area contributed by atoms with Crippen molar-refractivity contribution in [2.75, 3.05) is 0 Å². The normalized spacial score (nSPS) is 11.3. The maximum atomic E-state index is 4.70. The highest BCUT2D eigenvalue weighted by Crippen LogP contribution is 2.24. The number of aromatic nitrogens is 3. The Hall–Kier alpha value is -2.55. The molecular formula is C15H9N3. The van der Waals surface area contributed by atoms with E-state index in [0.717, 1.165) is 27.5 Å². The Morgan fingerprint density at radius 2 is 1.67 bits per heavy atom. The third kappa shape index (κ3) is 1.27. The third-order valence-electron chi connectivity index (χ3n) is 3.13. The Balaban J connectivity index is 2.27. The number of rotatable bonds is 0. The number of fused-ring (bicyclic) bond motifs is 4.